The third-order valence-electron chi connectivity index (χ3n) is 2.89. The zero-order valence-corrected chi connectivity index (χ0v) is 14.0. The van der Waals surface area contributed by atoms with E-state index in [2.05, 4.69) is 31.5 Å². The Morgan fingerprint density at radius 3 is 2.48 bits per heavy atom. The van der Waals surface area contributed by atoms with E-state index >= 15 is 0 Å². The maximum atomic E-state index is 11.7. The maximum absolute atomic E-state index is 11.7. The van der Waals surface area contributed by atoms with Crippen molar-refractivity contribution in [2.45, 2.75) is 32.7 Å². The van der Waals surface area contributed by atoms with Crippen molar-refractivity contribution in [2.75, 3.05) is 6.61 Å². The maximum Gasteiger partial charge on any atom is 0.338 e. The summed E-state index contributed by atoms with van der Waals surface area (Å²) in [7, 11) is -1.87. The molecule has 0 saturated heterocycles. The second-order valence-electron chi connectivity index (χ2n) is 5.64. The van der Waals surface area contributed by atoms with Crippen LogP contribution in [0.3, 0.4) is 0 Å². The number of esters is 1. The summed E-state index contributed by atoms with van der Waals surface area (Å²) in [6.07, 6.45) is 0.447. The molecule has 0 radical (unpaired) electrons. The SMILES string of the molecule is CCOC(=O)[C@H](O)/C(=C/C#Cc1ccccc1)[Si](C)(C)C. The van der Waals surface area contributed by atoms with Gasteiger partial charge in [0.15, 0.2) is 6.10 Å². The van der Waals surface area contributed by atoms with Crippen molar-refractivity contribution in [1.29, 1.82) is 0 Å². The Morgan fingerprint density at radius 2 is 1.95 bits per heavy atom. The van der Waals surface area contributed by atoms with Gasteiger partial charge in [-0.2, -0.15) is 0 Å². The number of allylic oxidation sites excluding steroid dienone is 1. The van der Waals surface area contributed by atoms with Crippen LogP contribution in [-0.2, 0) is 9.53 Å². The van der Waals surface area contributed by atoms with Crippen LogP contribution in [0.15, 0.2) is 41.6 Å². The van der Waals surface area contributed by atoms with Gasteiger partial charge in [0.05, 0.1) is 14.7 Å². The van der Waals surface area contributed by atoms with Gasteiger partial charge in [0.1, 0.15) is 0 Å². The second-order valence-corrected chi connectivity index (χ2v) is 10.7. The van der Waals surface area contributed by atoms with Crippen LogP contribution in [0, 0.1) is 11.8 Å². The predicted octanol–water partition coefficient (Wildman–Crippen LogP) is 2.77. The van der Waals surface area contributed by atoms with Crippen LogP contribution in [0.4, 0.5) is 0 Å². The summed E-state index contributed by atoms with van der Waals surface area (Å²) in [6, 6.07) is 9.59. The molecule has 3 nitrogen and oxygen atoms in total. The van der Waals surface area contributed by atoms with Crippen molar-refractivity contribution in [3.8, 4) is 11.8 Å². The third-order valence-corrected chi connectivity index (χ3v) is 5.04. The van der Waals surface area contributed by atoms with Gasteiger partial charge >= 0.3 is 5.97 Å². The lowest BCUT2D eigenvalue weighted by atomic mass is 10.2. The smallest absolute Gasteiger partial charge is 0.338 e. The minimum atomic E-state index is -1.87. The van der Waals surface area contributed by atoms with Crippen molar-refractivity contribution in [2.24, 2.45) is 0 Å². The van der Waals surface area contributed by atoms with Crippen LogP contribution in [0.25, 0.3) is 0 Å². The first-order valence-corrected chi connectivity index (χ1v) is 10.5. The highest BCUT2D eigenvalue weighted by molar-refractivity contribution is 6.83. The largest absolute Gasteiger partial charge is 0.464 e. The molecule has 0 heterocycles. The van der Waals surface area contributed by atoms with Gasteiger partial charge in [0, 0.05) is 5.56 Å². The number of ether oxygens (including phenoxy) is 1. The van der Waals surface area contributed by atoms with E-state index < -0.39 is 20.1 Å². The van der Waals surface area contributed by atoms with E-state index in [0.717, 1.165) is 5.56 Å². The van der Waals surface area contributed by atoms with E-state index in [1.165, 1.54) is 0 Å². The fourth-order valence-electron chi connectivity index (χ4n) is 1.77. The number of hydrogen-bond donors (Lipinski definition) is 1. The lowest BCUT2D eigenvalue weighted by Gasteiger charge is -2.23. The average molecular weight is 302 g/mol. The molecule has 0 saturated carbocycles. The van der Waals surface area contributed by atoms with Crippen molar-refractivity contribution in [3.63, 3.8) is 0 Å². The highest BCUT2D eigenvalue weighted by Gasteiger charge is 2.30. The van der Waals surface area contributed by atoms with Crippen molar-refractivity contribution < 1.29 is 14.6 Å². The molecule has 0 bridgehead atoms. The molecule has 1 aromatic carbocycles. The standard InChI is InChI=1S/C17H22O3Si/c1-5-20-17(19)16(18)15(21(2,3)4)13-9-12-14-10-7-6-8-11-14/h6-8,10-11,13,16,18H,5H2,1-4H3/b15-13-/t16-/m1/s1. The Balaban J connectivity index is 3.02. The highest BCUT2D eigenvalue weighted by atomic mass is 28.3. The molecular formula is C17H22O3Si. The predicted molar refractivity (Wildman–Crippen MR) is 87.4 cm³/mol. The third kappa shape index (κ3) is 5.58. The molecule has 1 rings (SSSR count). The molecule has 4 heteroatoms. The summed E-state index contributed by atoms with van der Waals surface area (Å²) in [6.45, 7) is 8.16. The van der Waals surface area contributed by atoms with Gasteiger partial charge in [-0.05, 0) is 30.3 Å². The zero-order chi connectivity index (χ0) is 15.9. The molecule has 0 unspecified atom stereocenters. The lowest BCUT2D eigenvalue weighted by Crippen LogP contribution is -2.37. The van der Waals surface area contributed by atoms with Gasteiger partial charge in [0.25, 0.3) is 0 Å². The summed E-state index contributed by atoms with van der Waals surface area (Å²) in [4.78, 5) is 11.7. The van der Waals surface area contributed by atoms with Crippen LogP contribution in [0.2, 0.25) is 19.6 Å². The number of aliphatic hydroxyl groups is 1. The molecule has 0 spiro atoms. The molecule has 112 valence electrons. The average Bonchev–Trinajstić information content (AvgIpc) is 2.43. The van der Waals surface area contributed by atoms with Gasteiger partial charge in [0.2, 0.25) is 0 Å². The molecule has 1 atom stereocenters. The Morgan fingerprint density at radius 1 is 1.33 bits per heavy atom. The quantitative estimate of drug-likeness (QED) is 0.528. The van der Waals surface area contributed by atoms with Crippen molar-refractivity contribution in [1.82, 2.24) is 0 Å². The highest BCUT2D eigenvalue weighted by Crippen LogP contribution is 2.19. The molecule has 1 N–H and O–H groups in total. The molecule has 21 heavy (non-hydrogen) atoms. The summed E-state index contributed by atoms with van der Waals surface area (Å²) >= 11 is 0. The van der Waals surface area contributed by atoms with Crippen LogP contribution in [0.5, 0.6) is 0 Å². The van der Waals surface area contributed by atoms with Gasteiger partial charge in [-0.1, -0.05) is 49.7 Å². The van der Waals surface area contributed by atoms with Crippen LogP contribution in [-0.4, -0.2) is 31.9 Å². The number of hydrogen-bond acceptors (Lipinski definition) is 3. The first kappa shape index (κ1) is 17.2. The normalized spacial score (nSPS) is 13.1. The molecule has 0 fully saturated rings. The summed E-state index contributed by atoms with van der Waals surface area (Å²) in [5.74, 6) is 5.34. The van der Waals surface area contributed by atoms with Crippen LogP contribution in [0.1, 0.15) is 12.5 Å². The Labute approximate surface area is 127 Å². The number of carbonyl (C=O) groups is 1. The van der Waals surface area contributed by atoms with Crippen LogP contribution >= 0.6 is 0 Å². The lowest BCUT2D eigenvalue weighted by molar-refractivity contribution is -0.150. The van der Waals surface area contributed by atoms with E-state index in [1.54, 1.807) is 13.0 Å². The van der Waals surface area contributed by atoms with Gasteiger partial charge in [-0.15, -0.1) is 0 Å². The van der Waals surface area contributed by atoms with Crippen LogP contribution < -0.4 is 0 Å². The van der Waals surface area contributed by atoms with Gasteiger partial charge in [-0.25, -0.2) is 4.79 Å². The number of carbonyl (C=O) groups excluding carboxylic acids is 1. The first-order chi connectivity index (χ1) is 9.86. The Kier molecular flexibility index (Phi) is 6.41. The zero-order valence-electron chi connectivity index (χ0n) is 13.0. The fourth-order valence-corrected chi connectivity index (χ4v) is 3.22. The van der Waals surface area contributed by atoms with Gasteiger partial charge < -0.3 is 9.84 Å². The minimum Gasteiger partial charge on any atom is -0.464 e. The summed E-state index contributed by atoms with van der Waals surface area (Å²) in [5.41, 5.74) is 0.898. The fraction of sp³-hybridized carbons (Fsp3) is 0.353. The van der Waals surface area contributed by atoms with Crippen molar-refractivity contribution in [3.05, 3.63) is 47.2 Å². The van der Waals surface area contributed by atoms with Crippen molar-refractivity contribution >= 4 is 14.0 Å². The number of aliphatic hydroxyl groups excluding tert-OH is 1. The number of benzene rings is 1. The monoisotopic (exact) mass is 302 g/mol. The molecule has 0 aliphatic rings. The summed E-state index contributed by atoms with van der Waals surface area (Å²) < 4.78 is 4.89. The molecule has 0 aromatic heterocycles. The molecule has 1 aromatic rings. The molecular weight excluding hydrogens is 280 g/mol. The van der Waals surface area contributed by atoms with E-state index in [0.29, 0.717) is 5.20 Å². The Bertz CT molecular complexity index is 559. The topological polar surface area (TPSA) is 46.5 Å². The Hall–Kier alpha value is -1.83. The summed E-state index contributed by atoms with van der Waals surface area (Å²) in [5, 5.41) is 10.9. The first-order valence-electron chi connectivity index (χ1n) is 6.98. The second kappa shape index (κ2) is 7.82. The van der Waals surface area contributed by atoms with Gasteiger partial charge in [-0.3, -0.25) is 0 Å². The molecule has 0 aliphatic heterocycles. The number of rotatable bonds is 4. The molecule has 0 aliphatic carbocycles. The van der Waals surface area contributed by atoms with E-state index in [4.69, 9.17) is 4.74 Å². The minimum absolute atomic E-state index is 0.255. The van der Waals surface area contributed by atoms with E-state index in [1.807, 2.05) is 30.3 Å². The van der Waals surface area contributed by atoms with E-state index in [9.17, 15) is 9.90 Å². The molecule has 0 amide bonds. The van der Waals surface area contributed by atoms with E-state index in [-0.39, 0.29) is 6.61 Å².